The lowest BCUT2D eigenvalue weighted by molar-refractivity contribution is 0.414. The summed E-state index contributed by atoms with van der Waals surface area (Å²) in [6.07, 6.45) is 1.27. The Morgan fingerprint density at radius 3 is 2.71 bits per heavy atom. The van der Waals surface area contributed by atoms with E-state index in [4.69, 9.17) is 4.74 Å². The molecule has 1 N–H and O–H groups in total. The van der Waals surface area contributed by atoms with Gasteiger partial charge in [-0.1, -0.05) is 0 Å². The third-order valence-electron chi connectivity index (χ3n) is 2.38. The molecule has 0 aliphatic carbocycles. The summed E-state index contributed by atoms with van der Waals surface area (Å²) in [6, 6.07) is 8.29. The zero-order valence-electron chi connectivity index (χ0n) is 8.32. The van der Waals surface area contributed by atoms with E-state index in [2.05, 4.69) is 17.4 Å². The first kappa shape index (κ1) is 9.87. The highest BCUT2D eigenvalue weighted by Crippen LogP contribution is 2.28. The van der Waals surface area contributed by atoms with E-state index < -0.39 is 0 Å². The number of thioether (sulfide) groups is 1. The van der Waals surface area contributed by atoms with Crippen LogP contribution in [-0.2, 0) is 0 Å². The zero-order valence-corrected chi connectivity index (χ0v) is 9.14. The second-order valence-electron chi connectivity index (χ2n) is 3.41. The van der Waals surface area contributed by atoms with Gasteiger partial charge in [-0.05, 0) is 37.2 Å². The lowest BCUT2D eigenvalue weighted by atomic mass is 10.3. The Hall–Kier alpha value is -0.670. The fourth-order valence-corrected chi connectivity index (χ4v) is 2.69. The van der Waals surface area contributed by atoms with Crippen molar-refractivity contribution in [2.75, 3.05) is 20.2 Å². The molecule has 0 amide bonds. The monoisotopic (exact) mass is 209 g/mol. The first-order valence-electron chi connectivity index (χ1n) is 4.90. The Kier molecular flexibility index (Phi) is 3.32. The molecule has 3 heteroatoms. The standard InChI is InChI=1S/C11H15NOS/c1-13-9-2-4-10(5-3-9)14-11-6-7-12-8-11/h2-5,11-12H,6-8H2,1H3/t11-/m1/s1. The SMILES string of the molecule is COc1ccc(S[C@@H]2CCNC2)cc1. The van der Waals surface area contributed by atoms with Crippen LogP contribution in [0.15, 0.2) is 29.2 Å². The molecular weight excluding hydrogens is 194 g/mol. The van der Waals surface area contributed by atoms with Crippen molar-refractivity contribution >= 4 is 11.8 Å². The van der Waals surface area contributed by atoms with Crippen molar-refractivity contribution < 1.29 is 4.74 Å². The fraction of sp³-hybridized carbons (Fsp3) is 0.455. The Morgan fingerprint density at radius 1 is 1.36 bits per heavy atom. The van der Waals surface area contributed by atoms with Crippen molar-refractivity contribution in [2.45, 2.75) is 16.6 Å². The second-order valence-corrected chi connectivity index (χ2v) is 4.78. The van der Waals surface area contributed by atoms with Gasteiger partial charge < -0.3 is 10.1 Å². The van der Waals surface area contributed by atoms with E-state index in [-0.39, 0.29) is 0 Å². The molecular formula is C11H15NOS. The Bertz CT molecular complexity index is 280. The van der Waals surface area contributed by atoms with Crippen molar-refractivity contribution in [2.24, 2.45) is 0 Å². The van der Waals surface area contributed by atoms with Gasteiger partial charge in [-0.3, -0.25) is 0 Å². The third-order valence-corrected chi connectivity index (χ3v) is 3.66. The molecule has 1 aliphatic rings. The minimum atomic E-state index is 0.739. The van der Waals surface area contributed by atoms with Crippen LogP contribution in [0.5, 0.6) is 5.75 Å². The summed E-state index contributed by atoms with van der Waals surface area (Å²) >= 11 is 1.95. The minimum absolute atomic E-state index is 0.739. The summed E-state index contributed by atoms with van der Waals surface area (Å²) in [5.74, 6) is 0.930. The lowest BCUT2D eigenvalue weighted by Gasteiger charge is -2.08. The van der Waals surface area contributed by atoms with Gasteiger partial charge >= 0.3 is 0 Å². The molecule has 0 bridgehead atoms. The normalized spacial score (nSPS) is 21.1. The van der Waals surface area contributed by atoms with E-state index in [0.717, 1.165) is 24.1 Å². The molecule has 1 fully saturated rings. The van der Waals surface area contributed by atoms with Crippen molar-refractivity contribution in [3.8, 4) is 5.75 Å². The number of ether oxygens (including phenoxy) is 1. The molecule has 1 aliphatic heterocycles. The maximum absolute atomic E-state index is 5.12. The van der Waals surface area contributed by atoms with Gasteiger partial charge in [0.25, 0.3) is 0 Å². The van der Waals surface area contributed by atoms with Gasteiger partial charge in [0.05, 0.1) is 7.11 Å². The van der Waals surface area contributed by atoms with Crippen LogP contribution in [0.25, 0.3) is 0 Å². The van der Waals surface area contributed by atoms with Crippen molar-refractivity contribution in [3.05, 3.63) is 24.3 Å². The van der Waals surface area contributed by atoms with Crippen molar-refractivity contribution in [1.82, 2.24) is 5.32 Å². The average molecular weight is 209 g/mol. The van der Waals surface area contributed by atoms with Crippen LogP contribution >= 0.6 is 11.8 Å². The highest BCUT2D eigenvalue weighted by molar-refractivity contribution is 8.00. The number of methoxy groups -OCH3 is 1. The van der Waals surface area contributed by atoms with E-state index in [1.54, 1.807) is 7.11 Å². The van der Waals surface area contributed by atoms with E-state index in [0.29, 0.717) is 0 Å². The van der Waals surface area contributed by atoms with E-state index in [1.807, 2.05) is 23.9 Å². The maximum Gasteiger partial charge on any atom is 0.118 e. The molecule has 1 aromatic rings. The zero-order chi connectivity index (χ0) is 9.80. The topological polar surface area (TPSA) is 21.3 Å². The Morgan fingerprint density at radius 2 is 2.14 bits per heavy atom. The fourth-order valence-electron chi connectivity index (χ4n) is 1.58. The average Bonchev–Trinajstić information content (AvgIpc) is 2.72. The van der Waals surface area contributed by atoms with Crippen LogP contribution in [0.1, 0.15) is 6.42 Å². The van der Waals surface area contributed by atoms with Gasteiger partial charge in [0, 0.05) is 16.7 Å². The largest absolute Gasteiger partial charge is 0.497 e. The van der Waals surface area contributed by atoms with E-state index in [9.17, 15) is 0 Å². The molecule has 1 aromatic carbocycles. The summed E-state index contributed by atoms with van der Waals surface area (Å²) in [4.78, 5) is 1.33. The molecule has 14 heavy (non-hydrogen) atoms. The summed E-state index contributed by atoms with van der Waals surface area (Å²) < 4.78 is 5.12. The number of hydrogen-bond donors (Lipinski definition) is 1. The number of rotatable bonds is 3. The summed E-state index contributed by atoms with van der Waals surface area (Å²) in [7, 11) is 1.70. The lowest BCUT2D eigenvalue weighted by Crippen LogP contribution is -2.09. The highest BCUT2D eigenvalue weighted by Gasteiger charge is 2.15. The third kappa shape index (κ3) is 2.42. The van der Waals surface area contributed by atoms with Gasteiger partial charge in [-0.2, -0.15) is 0 Å². The molecule has 2 nitrogen and oxygen atoms in total. The van der Waals surface area contributed by atoms with E-state index >= 15 is 0 Å². The molecule has 0 saturated carbocycles. The quantitative estimate of drug-likeness (QED) is 0.824. The molecule has 76 valence electrons. The molecule has 0 spiro atoms. The Balaban J connectivity index is 1.95. The van der Waals surface area contributed by atoms with Gasteiger partial charge in [0.1, 0.15) is 5.75 Å². The first-order chi connectivity index (χ1) is 6.88. The van der Waals surface area contributed by atoms with Gasteiger partial charge in [-0.15, -0.1) is 11.8 Å². The number of benzene rings is 1. The molecule has 0 unspecified atom stereocenters. The predicted octanol–water partition coefficient (Wildman–Crippen LogP) is 2.15. The summed E-state index contributed by atoms with van der Waals surface area (Å²) in [5, 5.41) is 4.11. The number of hydrogen-bond acceptors (Lipinski definition) is 3. The molecule has 1 atom stereocenters. The van der Waals surface area contributed by atoms with Crippen molar-refractivity contribution in [1.29, 1.82) is 0 Å². The maximum atomic E-state index is 5.12. The first-order valence-corrected chi connectivity index (χ1v) is 5.78. The highest BCUT2D eigenvalue weighted by atomic mass is 32.2. The van der Waals surface area contributed by atoms with Crippen LogP contribution in [0.4, 0.5) is 0 Å². The molecule has 2 rings (SSSR count). The molecule has 0 radical (unpaired) electrons. The van der Waals surface area contributed by atoms with Crippen LogP contribution in [0.3, 0.4) is 0 Å². The molecule has 1 heterocycles. The summed E-state index contributed by atoms with van der Waals surface area (Å²) in [5.41, 5.74) is 0. The van der Waals surface area contributed by atoms with Crippen LogP contribution in [-0.4, -0.2) is 25.4 Å². The van der Waals surface area contributed by atoms with E-state index in [1.165, 1.54) is 11.3 Å². The molecule has 0 aromatic heterocycles. The Labute approximate surface area is 89.0 Å². The van der Waals surface area contributed by atoms with Crippen LogP contribution in [0.2, 0.25) is 0 Å². The van der Waals surface area contributed by atoms with Gasteiger partial charge in [0.2, 0.25) is 0 Å². The van der Waals surface area contributed by atoms with Crippen LogP contribution < -0.4 is 10.1 Å². The second kappa shape index (κ2) is 4.71. The molecule has 1 saturated heterocycles. The minimum Gasteiger partial charge on any atom is -0.497 e. The summed E-state index contributed by atoms with van der Waals surface area (Å²) in [6.45, 7) is 2.30. The van der Waals surface area contributed by atoms with Gasteiger partial charge in [-0.25, -0.2) is 0 Å². The predicted molar refractivity (Wildman–Crippen MR) is 60.1 cm³/mol. The van der Waals surface area contributed by atoms with Gasteiger partial charge in [0.15, 0.2) is 0 Å². The van der Waals surface area contributed by atoms with Crippen LogP contribution in [0, 0.1) is 0 Å². The van der Waals surface area contributed by atoms with Crippen molar-refractivity contribution in [3.63, 3.8) is 0 Å². The smallest absolute Gasteiger partial charge is 0.118 e. The number of nitrogens with one attached hydrogen (secondary N) is 1.